The Morgan fingerprint density at radius 2 is 2.21 bits per heavy atom. The Hall–Kier alpha value is -2.68. The monoisotopic (exact) mass is 349 g/mol. The lowest BCUT2D eigenvalue weighted by atomic mass is 10.2. The second-order valence-corrected chi connectivity index (χ2v) is 5.59. The van der Waals surface area contributed by atoms with Crippen LogP contribution in [0.3, 0.4) is 0 Å². The molecule has 9 heteroatoms. The summed E-state index contributed by atoms with van der Waals surface area (Å²) in [7, 11) is 0. The number of ether oxygens (including phenoxy) is 1. The van der Waals surface area contributed by atoms with E-state index in [1.165, 1.54) is 0 Å². The fourth-order valence-corrected chi connectivity index (χ4v) is 2.72. The van der Waals surface area contributed by atoms with Gasteiger partial charge in [-0.1, -0.05) is 6.07 Å². The van der Waals surface area contributed by atoms with E-state index in [2.05, 4.69) is 15.0 Å². The average Bonchev–Trinajstić information content (AvgIpc) is 2.83. The Kier molecular flexibility index (Phi) is 6.07. The first-order valence-electron chi connectivity index (χ1n) is 7.13. The summed E-state index contributed by atoms with van der Waals surface area (Å²) in [5.41, 5.74) is 0.707. The van der Waals surface area contributed by atoms with Crippen molar-refractivity contribution in [1.29, 1.82) is 0 Å². The number of pyridine rings is 1. The molecule has 3 amide bonds. The highest BCUT2D eigenvalue weighted by Gasteiger charge is 2.34. The van der Waals surface area contributed by atoms with E-state index in [0.717, 1.165) is 16.7 Å². The topological polar surface area (TPSA) is 106 Å². The van der Waals surface area contributed by atoms with Gasteiger partial charge in [0.25, 0.3) is 11.1 Å². The van der Waals surface area contributed by atoms with E-state index in [0.29, 0.717) is 5.56 Å². The fraction of sp³-hybridized carbons (Fsp3) is 0.267. The minimum atomic E-state index is -0.997. The third-order valence-corrected chi connectivity index (χ3v) is 3.84. The lowest BCUT2D eigenvalue weighted by molar-refractivity contribution is -0.154. The van der Waals surface area contributed by atoms with Crippen molar-refractivity contribution in [1.82, 2.24) is 15.2 Å². The number of nitrogens with one attached hydrogen (secondary N) is 1. The van der Waals surface area contributed by atoms with Gasteiger partial charge in [-0.25, -0.2) is 4.79 Å². The van der Waals surface area contributed by atoms with Gasteiger partial charge in [0.15, 0.2) is 0 Å². The Balaban J connectivity index is 1.92. The molecule has 24 heavy (non-hydrogen) atoms. The minimum absolute atomic E-state index is 0.0276. The molecule has 1 aliphatic heterocycles. The molecule has 2 rings (SSSR count). The lowest BCUT2D eigenvalue weighted by Crippen LogP contribution is -2.40. The molecule has 0 spiro atoms. The molecule has 1 aromatic heterocycles. The van der Waals surface area contributed by atoms with E-state index >= 15 is 0 Å². The molecule has 2 heterocycles. The number of carbonyl (C=O) groups is 4. The van der Waals surface area contributed by atoms with Gasteiger partial charge >= 0.3 is 11.9 Å². The highest BCUT2D eigenvalue weighted by atomic mass is 32.2. The molecule has 0 saturated carbocycles. The maximum atomic E-state index is 12.2. The summed E-state index contributed by atoms with van der Waals surface area (Å²) in [6, 6.07) is 3.49. The molecular formula is C15H15N3O5S. The van der Waals surface area contributed by atoms with Gasteiger partial charge in [0.05, 0.1) is 11.5 Å². The van der Waals surface area contributed by atoms with Crippen molar-refractivity contribution in [2.24, 2.45) is 0 Å². The summed E-state index contributed by atoms with van der Waals surface area (Å²) in [6.07, 6.45) is 4.76. The third-order valence-electron chi connectivity index (χ3n) is 2.94. The SMILES string of the molecule is CCOC(=O)C(=O)NCCN1C(=O)SC(=Cc2cccnc2)C1=O. The maximum absolute atomic E-state index is 12.2. The molecule has 1 aromatic rings. The zero-order valence-electron chi connectivity index (χ0n) is 12.9. The number of aromatic nitrogens is 1. The predicted molar refractivity (Wildman–Crippen MR) is 86.6 cm³/mol. The van der Waals surface area contributed by atoms with Crippen LogP contribution in [0.5, 0.6) is 0 Å². The maximum Gasteiger partial charge on any atom is 0.396 e. The zero-order chi connectivity index (χ0) is 17.5. The van der Waals surface area contributed by atoms with Crippen LogP contribution in [0.2, 0.25) is 0 Å². The van der Waals surface area contributed by atoms with Gasteiger partial charge in [0, 0.05) is 25.5 Å². The molecule has 1 saturated heterocycles. The van der Waals surface area contributed by atoms with Crippen molar-refractivity contribution in [3.8, 4) is 0 Å². The molecule has 8 nitrogen and oxygen atoms in total. The largest absolute Gasteiger partial charge is 0.459 e. The fourth-order valence-electron chi connectivity index (χ4n) is 1.86. The molecule has 0 unspecified atom stereocenters. The molecule has 0 radical (unpaired) electrons. The van der Waals surface area contributed by atoms with Gasteiger partial charge in [0.1, 0.15) is 0 Å². The third kappa shape index (κ3) is 4.42. The predicted octanol–water partition coefficient (Wildman–Crippen LogP) is 0.797. The zero-order valence-corrected chi connectivity index (χ0v) is 13.7. The number of hydrogen-bond acceptors (Lipinski definition) is 7. The summed E-state index contributed by atoms with van der Waals surface area (Å²) in [5, 5.41) is 1.87. The van der Waals surface area contributed by atoms with E-state index < -0.39 is 23.0 Å². The van der Waals surface area contributed by atoms with E-state index in [9.17, 15) is 19.2 Å². The van der Waals surface area contributed by atoms with Crippen LogP contribution in [-0.2, 0) is 19.1 Å². The number of imide groups is 1. The van der Waals surface area contributed by atoms with E-state index in [4.69, 9.17) is 0 Å². The molecule has 126 valence electrons. The van der Waals surface area contributed by atoms with Crippen LogP contribution in [0.15, 0.2) is 29.4 Å². The van der Waals surface area contributed by atoms with Gasteiger partial charge in [-0.2, -0.15) is 0 Å². The van der Waals surface area contributed by atoms with Crippen molar-refractivity contribution in [3.63, 3.8) is 0 Å². The Morgan fingerprint density at radius 1 is 1.42 bits per heavy atom. The van der Waals surface area contributed by atoms with E-state index in [-0.39, 0.29) is 24.6 Å². The summed E-state index contributed by atoms with van der Waals surface area (Å²) in [4.78, 5) is 51.9. The Morgan fingerprint density at radius 3 is 2.88 bits per heavy atom. The lowest BCUT2D eigenvalue weighted by Gasteiger charge is -2.12. The van der Waals surface area contributed by atoms with Crippen molar-refractivity contribution in [2.45, 2.75) is 6.92 Å². The van der Waals surface area contributed by atoms with Gasteiger partial charge < -0.3 is 10.1 Å². The molecule has 0 bridgehead atoms. The molecular weight excluding hydrogens is 334 g/mol. The Labute approximate surface area is 142 Å². The van der Waals surface area contributed by atoms with Gasteiger partial charge in [-0.3, -0.25) is 24.3 Å². The number of carbonyl (C=O) groups excluding carboxylic acids is 4. The van der Waals surface area contributed by atoms with Crippen LogP contribution in [-0.4, -0.2) is 52.6 Å². The second-order valence-electron chi connectivity index (χ2n) is 4.60. The first kappa shape index (κ1) is 17.7. The molecule has 0 aliphatic carbocycles. The van der Waals surface area contributed by atoms with Gasteiger partial charge in [-0.05, 0) is 36.4 Å². The molecule has 1 N–H and O–H groups in total. The number of hydrogen-bond donors (Lipinski definition) is 1. The van der Waals surface area contributed by atoms with Crippen LogP contribution in [0.1, 0.15) is 12.5 Å². The summed E-state index contributed by atoms with van der Waals surface area (Å²) in [6.45, 7) is 1.62. The van der Waals surface area contributed by atoms with Crippen LogP contribution < -0.4 is 5.32 Å². The molecule has 1 fully saturated rings. The van der Waals surface area contributed by atoms with Crippen molar-refractivity contribution in [3.05, 3.63) is 35.0 Å². The van der Waals surface area contributed by atoms with Crippen LogP contribution >= 0.6 is 11.8 Å². The number of nitrogens with zero attached hydrogens (tertiary/aromatic N) is 2. The van der Waals surface area contributed by atoms with Crippen molar-refractivity contribution < 1.29 is 23.9 Å². The number of rotatable bonds is 5. The quantitative estimate of drug-likeness (QED) is 0.476. The van der Waals surface area contributed by atoms with E-state index in [1.807, 2.05) is 0 Å². The number of thioether (sulfide) groups is 1. The van der Waals surface area contributed by atoms with Crippen LogP contribution in [0.4, 0.5) is 4.79 Å². The smallest absolute Gasteiger partial charge is 0.396 e. The second kappa shape index (κ2) is 8.25. The number of esters is 1. The summed E-state index contributed by atoms with van der Waals surface area (Å²) >= 11 is 0.816. The average molecular weight is 349 g/mol. The van der Waals surface area contributed by atoms with Gasteiger partial charge in [0.2, 0.25) is 0 Å². The minimum Gasteiger partial charge on any atom is -0.459 e. The molecule has 0 aromatic carbocycles. The molecule has 0 atom stereocenters. The first-order chi connectivity index (χ1) is 11.5. The highest BCUT2D eigenvalue weighted by Crippen LogP contribution is 2.31. The summed E-state index contributed by atoms with van der Waals surface area (Å²) < 4.78 is 4.53. The molecule has 1 aliphatic rings. The van der Waals surface area contributed by atoms with Crippen LogP contribution in [0, 0.1) is 0 Å². The van der Waals surface area contributed by atoms with E-state index in [1.54, 1.807) is 37.5 Å². The number of amides is 3. The highest BCUT2D eigenvalue weighted by molar-refractivity contribution is 8.18. The van der Waals surface area contributed by atoms with Crippen molar-refractivity contribution in [2.75, 3.05) is 19.7 Å². The summed E-state index contributed by atoms with van der Waals surface area (Å²) in [5.74, 6) is -2.35. The van der Waals surface area contributed by atoms with Crippen LogP contribution in [0.25, 0.3) is 6.08 Å². The first-order valence-corrected chi connectivity index (χ1v) is 7.95. The Bertz CT molecular complexity index is 690. The van der Waals surface area contributed by atoms with Crippen molar-refractivity contribution >= 4 is 40.9 Å². The van der Waals surface area contributed by atoms with Gasteiger partial charge in [-0.15, -0.1) is 0 Å². The normalized spacial score (nSPS) is 15.7. The standard InChI is InChI=1S/C15H15N3O5S/c1-2-23-14(21)12(19)17-6-7-18-13(20)11(24-15(18)22)8-10-4-3-5-16-9-10/h3-5,8-9H,2,6-7H2,1H3,(H,17,19).